The molecular weight excluding hydrogens is 530 g/mol. The number of nitrogens with zero attached hydrogens (tertiary/aromatic N) is 3. The molecule has 5 rings (SSSR count). The maximum absolute atomic E-state index is 5.95. The van der Waals surface area contributed by atoms with E-state index in [1.807, 2.05) is 36.4 Å². The van der Waals surface area contributed by atoms with Gasteiger partial charge in [0.2, 0.25) is 0 Å². The zero-order valence-electron chi connectivity index (χ0n) is 24.7. The first kappa shape index (κ1) is 29.5. The van der Waals surface area contributed by atoms with Crippen LogP contribution in [0.1, 0.15) is 35.2 Å². The van der Waals surface area contributed by atoms with Crippen molar-refractivity contribution in [2.45, 2.75) is 39.0 Å². The molecule has 0 bridgehead atoms. The number of aromatic nitrogens is 1. The van der Waals surface area contributed by atoms with Crippen molar-refractivity contribution >= 4 is 11.7 Å². The minimum Gasteiger partial charge on any atom is -0.497 e. The summed E-state index contributed by atoms with van der Waals surface area (Å²) in [6, 6.07) is 25.5. The van der Waals surface area contributed by atoms with Crippen LogP contribution in [0.15, 0.2) is 83.5 Å². The molecule has 0 aliphatic carbocycles. The highest BCUT2D eigenvalue weighted by Crippen LogP contribution is 2.25. The number of benzene rings is 3. The summed E-state index contributed by atoms with van der Waals surface area (Å²) in [7, 11) is 3.36. The quantitative estimate of drug-likeness (QED) is 0.146. The SMILES string of the molecule is COc1cccc(CCOCCOCc2coc(N(Cc3ccc(N4CCCC4)cc3)Cc3cccc(OC)c3)n2)c1. The Hall–Kier alpha value is -4.01. The predicted octanol–water partition coefficient (Wildman–Crippen LogP) is 6.27. The molecule has 1 aliphatic rings. The first-order valence-corrected chi connectivity index (χ1v) is 14.6. The third-order valence-corrected chi connectivity index (χ3v) is 7.39. The van der Waals surface area contributed by atoms with Gasteiger partial charge in [0.05, 0.1) is 40.6 Å². The molecule has 0 amide bonds. The van der Waals surface area contributed by atoms with E-state index in [0.717, 1.165) is 42.3 Å². The van der Waals surface area contributed by atoms with E-state index in [1.54, 1.807) is 20.5 Å². The zero-order valence-corrected chi connectivity index (χ0v) is 24.7. The standard InChI is InChI=1S/C34H41N3O5/c1-38-32-9-5-7-27(21-32)15-18-40-19-20-41-25-30-26-42-34(35-30)37(24-29-8-6-10-33(22-29)39-2)23-28-11-13-31(14-12-28)36-16-3-4-17-36/h5-14,21-22,26H,3-4,15-20,23-25H2,1-2H3. The van der Waals surface area contributed by atoms with E-state index in [1.165, 1.54) is 29.7 Å². The third kappa shape index (κ3) is 8.50. The van der Waals surface area contributed by atoms with Crippen LogP contribution in [0.5, 0.6) is 11.5 Å². The lowest BCUT2D eigenvalue weighted by molar-refractivity contribution is 0.0405. The Balaban J connectivity index is 1.14. The Morgan fingerprint density at radius 3 is 2.17 bits per heavy atom. The Labute approximate surface area is 248 Å². The molecule has 1 fully saturated rings. The molecule has 0 atom stereocenters. The lowest BCUT2D eigenvalue weighted by Crippen LogP contribution is -2.23. The second-order valence-electron chi connectivity index (χ2n) is 10.5. The third-order valence-electron chi connectivity index (χ3n) is 7.39. The fourth-order valence-corrected chi connectivity index (χ4v) is 5.11. The molecule has 0 unspecified atom stereocenters. The molecule has 0 N–H and O–H groups in total. The van der Waals surface area contributed by atoms with E-state index in [9.17, 15) is 0 Å². The number of oxazole rings is 1. The first-order valence-electron chi connectivity index (χ1n) is 14.6. The fraction of sp³-hybridized carbons (Fsp3) is 0.382. The molecule has 42 heavy (non-hydrogen) atoms. The number of methoxy groups -OCH3 is 2. The van der Waals surface area contributed by atoms with Gasteiger partial charge in [0.25, 0.3) is 6.01 Å². The van der Waals surface area contributed by atoms with Crippen molar-refractivity contribution in [3.8, 4) is 11.5 Å². The molecule has 0 radical (unpaired) electrons. The Morgan fingerprint density at radius 1 is 0.762 bits per heavy atom. The Morgan fingerprint density at radius 2 is 1.43 bits per heavy atom. The van der Waals surface area contributed by atoms with Crippen LogP contribution >= 0.6 is 0 Å². The first-order chi connectivity index (χ1) is 20.7. The van der Waals surface area contributed by atoms with Gasteiger partial charge in [-0.1, -0.05) is 36.4 Å². The van der Waals surface area contributed by atoms with Crippen LogP contribution < -0.4 is 19.3 Å². The molecule has 1 saturated heterocycles. The molecule has 8 heteroatoms. The molecule has 4 aromatic rings. The van der Waals surface area contributed by atoms with Gasteiger partial charge in [0.1, 0.15) is 23.5 Å². The van der Waals surface area contributed by atoms with Gasteiger partial charge < -0.3 is 33.2 Å². The normalized spacial score (nSPS) is 13.0. The van der Waals surface area contributed by atoms with Crippen molar-refractivity contribution in [3.63, 3.8) is 0 Å². The van der Waals surface area contributed by atoms with Gasteiger partial charge in [-0.15, -0.1) is 0 Å². The lowest BCUT2D eigenvalue weighted by atomic mass is 10.1. The van der Waals surface area contributed by atoms with Gasteiger partial charge in [-0.2, -0.15) is 4.98 Å². The summed E-state index contributed by atoms with van der Waals surface area (Å²) < 4.78 is 28.2. The van der Waals surface area contributed by atoms with Gasteiger partial charge in [0.15, 0.2) is 0 Å². The Kier molecular flexibility index (Phi) is 10.7. The summed E-state index contributed by atoms with van der Waals surface area (Å²) in [5.41, 5.74) is 5.54. The maximum atomic E-state index is 5.95. The van der Waals surface area contributed by atoms with Gasteiger partial charge in [-0.25, -0.2) is 0 Å². The summed E-state index contributed by atoms with van der Waals surface area (Å²) in [6.45, 7) is 5.56. The highest BCUT2D eigenvalue weighted by molar-refractivity contribution is 5.49. The minimum atomic E-state index is 0.361. The molecule has 0 saturated carbocycles. The van der Waals surface area contributed by atoms with Gasteiger partial charge in [-0.05, 0) is 72.4 Å². The maximum Gasteiger partial charge on any atom is 0.298 e. The van der Waals surface area contributed by atoms with Crippen LogP contribution in [0.3, 0.4) is 0 Å². The number of hydrogen-bond acceptors (Lipinski definition) is 8. The summed E-state index contributed by atoms with van der Waals surface area (Å²) in [5, 5.41) is 0. The van der Waals surface area contributed by atoms with Crippen molar-refractivity contribution in [1.29, 1.82) is 0 Å². The van der Waals surface area contributed by atoms with Crippen LogP contribution in [-0.4, -0.2) is 52.1 Å². The van der Waals surface area contributed by atoms with Crippen molar-refractivity contribution < 1.29 is 23.4 Å². The largest absolute Gasteiger partial charge is 0.497 e. The van der Waals surface area contributed by atoms with Gasteiger partial charge >= 0.3 is 0 Å². The number of ether oxygens (including phenoxy) is 4. The highest BCUT2D eigenvalue weighted by Gasteiger charge is 2.17. The summed E-state index contributed by atoms with van der Waals surface area (Å²) in [6.07, 6.45) is 5.04. The second-order valence-corrected chi connectivity index (χ2v) is 10.5. The lowest BCUT2D eigenvalue weighted by Gasteiger charge is -2.22. The van der Waals surface area contributed by atoms with Crippen LogP contribution in [0, 0.1) is 0 Å². The fourth-order valence-electron chi connectivity index (χ4n) is 5.11. The van der Waals surface area contributed by atoms with E-state index in [2.05, 4.69) is 46.2 Å². The van der Waals surface area contributed by atoms with E-state index >= 15 is 0 Å². The van der Waals surface area contributed by atoms with Crippen LogP contribution in [0.25, 0.3) is 0 Å². The van der Waals surface area contributed by atoms with E-state index in [-0.39, 0.29) is 0 Å². The summed E-state index contributed by atoms with van der Waals surface area (Å²) in [4.78, 5) is 9.35. The number of rotatable bonds is 16. The van der Waals surface area contributed by atoms with Gasteiger partial charge in [0, 0.05) is 31.9 Å². The topological polar surface area (TPSA) is 69.4 Å². The molecule has 8 nitrogen and oxygen atoms in total. The molecule has 222 valence electrons. The zero-order chi connectivity index (χ0) is 29.0. The molecule has 0 spiro atoms. The van der Waals surface area contributed by atoms with Crippen molar-refractivity contribution in [2.75, 3.05) is 56.9 Å². The van der Waals surface area contributed by atoms with Crippen molar-refractivity contribution in [3.05, 3.63) is 101 Å². The average Bonchev–Trinajstić information content (AvgIpc) is 3.74. The minimum absolute atomic E-state index is 0.361. The summed E-state index contributed by atoms with van der Waals surface area (Å²) >= 11 is 0. The number of hydrogen-bond donors (Lipinski definition) is 0. The molecule has 3 aromatic carbocycles. The second kappa shape index (κ2) is 15.3. The number of anilines is 2. The molecule has 2 heterocycles. The predicted molar refractivity (Wildman–Crippen MR) is 164 cm³/mol. The van der Waals surface area contributed by atoms with Crippen LogP contribution in [0.2, 0.25) is 0 Å². The van der Waals surface area contributed by atoms with E-state index in [4.69, 9.17) is 28.3 Å². The smallest absolute Gasteiger partial charge is 0.298 e. The molecule has 1 aliphatic heterocycles. The van der Waals surface area contributed by atoms with E-state index < -0.39 is 0 Å². The Bertz CT molecular complexity index is 1370. The molecule has 1 aromatic heterocycles. The van der Waals surface area contributed by atoms with E-state index in [0.29, 0.717) is 45.5 Å². The van der Waals surface area contributed by atoms with Crippen LogP contribution in [0.4, 0.5) is 11.7 Å². The van der Waals surface area contributed by atoms with Crippen molar-refractivity contribution in [2.24, 2.45) is 0 Å². The van der Waals surface area contributed by atoms with Gasteiger partial charge in [-0.3, -0.25) is 0 Å². The average molecular weight is 572 g/mol. The van der Waals surface area contributed by atoms with Crippen molar-refractivity contribution in [1.82, 2.24) is 4.98 Å². The highest BCUT2D eigenvalue weighted by atomic mass is 16.5. The monoisotopic (exact) mass is 571 g/mol. The van der Waals surface area contributed by atoms with Crippen LogP contribution in [-0.2, 0) is 35.6 Å². The molecular formula is C34H41N3O5. The summed E-state index contributed by atoms with van der Waals surface area (Å²) in [5.74, 6) is 1.69.